The molecule has 0 aliphatic rings. The van der Waals surface area contributed by atoms with Crippen LogP contribution in [-0.4, -0.2) is 21.0 Å². The molecule has 0 aliphatic heterocycles. The Balaban J connectivity index is 1.60. The minimum absolute atomic E-state index is 0.0224. The molecule has 0 aliphatic carbocycles. The smallest absolute Gasteiger partial charge is 0.255 e. The number of carbonyl (C=O) groups excluding carboxylic acids is 2. The second kappa shape index (κ2) is 7.09. The second-order valence-electron chi connectivity index (χ2n) is 6.10. The monoisotopic (exact) mass is 373 g/mol. The van der Waals surface area contributed by atoms with E-state index in [9.17, 15) is 9.59 Å². The number of aromatic nitrogens is 2. The van der Waals surface area contributed by atoms with Crippen LogP contribution in [0.4, 0.5) is 5.69 Å². The number of benzene rings is 2. The lowest BCUT2D eigenvalue weighted by atomic mass is 10.0. The van der Waals surface area contributed by atoms with Gasteiger partial charge >= 0.3 is 0 Å². The molecule has 0 unspecified atom stereocenters. The van der Waals surface area contributed by atoms with Gasteiger partial charge in [-0.05, 0) is 60.9 Å². The Bertz CT molecular complexity index is 1170. The highest BCUT2D eigenvalue weighted by atomic mass is 32.1. The van der Waals surface area contributed by atoms with Crippen molar-refractivity contribution < 1.29 is 9.59 Å². The Morgan fingerprint density at radius 2 is 1.89 bits per heavy atom. The van der Waals surface area contributed by atoms with Crippen LogP contribution in [0.25, 0.3) is 21.3 Å². The molecule has 0 atom stereocenters. The highest BCUT2D eigenvalue weighted by molar-refractivity contribution is 7.13. The quantitative estimate of drug-likeness (QED) is 0.521. The molecule has 1 N–H and O–H groups in total. The van der Waals surface area contributed by atoms with Crippen molar-refractivity contribution in [3.63, 3.8) is 0 Å². The van der Waals surface area contributed by atoms with Crippen LogP contribution in [0.5, 0.6) is 0 Å². The van der Waals surface area contributed by atoms with Gasteiger partial charge in [0.1, 0.15) is 0 Å². The van der Waals surface area contributed by atoms with Gasteiger partial charge in [0.05, 0.1) is 10.4 Å². The first kappa shape index (κ1) is 17.1. The van der Waals surface area contributed by atoms with E-state index >= 15 is 0 Å². The molecule has 0 bridgehead atoms. The summed E-state index contributed by atoms with van der Waals surface area (Å²) in [5, 5.41) is 3.91. The maximum absolute atomic E-state index is 12.6. The molecule has 0 radical (unpaired) electrons. The summed E-state index contributed by atoms with van der Waals surface area (Å²) >= 11 is 1.42. The third-order valence-corrected chi connectivity index (χ3v) is 4.98. The molecule has 2 aromatic heterocycles. The summed E-state index contributed by atoms with van der Waals surface area (Å²) in [7, 11) is 0. The number of hydrogen-bond acceptors (Lipinski definition) is 5. The molecule has 4 aromatic rings. The molecule has 27 heavy (non-hydrogen) atoms. The lowest BCUT2D eigenvalue weighted by Crippen LogP contribution is -2.11. The van der Waals surface area contributed by atoms with Gasteiger partial charge < -0.3 is 5.32 Å². The van der Waals surface area contributed by atoms with Gasteiger partial charge in [0.25, 0.3) is 5.91 Å². The average molecular weight is 373 g/mol. The Morgan fingerprint density at radius 1 is 1.00 bits per heavy atom. The van der Waals surface area contributed by atoms with Crippen molar-refractivity contribution in [2.75, 3.05) is 5.32 Å². The van der Waals surface area contributed by atoms with Crippen molar-refractivity contribution in [3.8, 4) is 11.3 Å². The van der Waals surface area contributed by atoms with Crippen LogP contribution >= 0.6 is 11.5 Å². The Morgan fingerprint density at radius 3 is 2.74 bits per heavy atom. The minimum atomic E-state index is -0.206. The summed E-state index contributed by atoms with van der Waals surface area (Å²) in [5.74, 6) is -0.229. The van der Waals surface area contributed by atoms with Crippen LogP contribution in [0.3, 0.4) is 0 Å². The Kier molecular flexibility index (Phi) is 4.48. The molecule has 0 spiro atoms. The standard InChI is InChI=1S/C21H15N3O2S/c1-13(25)14-7-8-22-19(11-14)15-3-2-4-16(9-15)21(26)24-18-5-6-20-17(10-18)12-23-27-20/h2-12H,1H3,(H,24,26). The van der Waals surface area contributed by atoms with Crippen LogP contribution < -0.4 is 5.32 Å². The highest BCUT2D eigenvalue weighted by Gasteiger charge is 2.10. The average Bonchev–Trinajstić information content (AvgIpc) is 3.16. The van der Waals surface area contributed by atoms with Gasteiger partial charge in [-0.2, -0.15) is 4.37 Å². The van der Waals surface area contributed by atoms with Gasteiger partial charge in [0, 0.05) is 40.2 Å². The summed E-state index contributed by atoms with van der Waals surface area (Å²) in [6.45, 7) is 1.52. The number of amides is 1. The molecule has 1 amide bonds. The molecule has 2 aromatic carbocycles. The van der Waals surface area contributed by atoms with Crippen LogP contribution in [0.2, 0.25) is 0 Å². The highest BCUT2D eigenvalue weighted by Crippen LogP contribution is 2.23. The van der Waals surface area contributed by atoms with Crippen molar-refractivity contribution in [2.45, 2.75) is 6.92 Å². The Labute approximate surface area is 159 Å². The van der Waals surface area contributed by atoms with E-state index in [0.29, 0.717) is 16.8 Å². The fourth-order valence-corrected chi connectivity index (χ4v) is 3.41. The van der Waals surface area contributed by atoms with Gasteiger partial charge in [-0.25, -0.2) is 0 Å². The lowest BCUT2D eigenvalue weighted by molar-refractivity contribution is 0.101. The SMILES string of the molecule is CC(=O)c1ccnc(-c2cccc(C(=O)Nc3ccc4sncc4c3)c2)c1. The number of pyridine rings is 1. The number of fused-ring (bicyclic) bond motifs is 1. The van der Waals surface area contributed by atoms with E-state index in [-0.39, 0.29) is 11.7 Å². The van der Waals surface area contributed by atoms with E-state index in [4.69, 9.17) is 0 Å². The number of ketones is 1. The van der Waals surface area contributed by atoms with Crippen molar-refractivity contribution >= 4 is 39.0 Å². The number of nitrogens with zero attached hydrogens (tertiary/aromatic N) is 2. The van der Waals surface area contributed by atoms with Gasteiger partial charge in [0.2, 0.25) is 0 Å². The number of nitrogens with one attached hydrogen (secondary N) is 1. The molecule has 0 fully saturated rings. The molecular weight excluding hydrogens is 358 g/mol. The molecule has 6 heteroatoms. The third kappa shape index (κ3) is 3.61. The number of Topliss-reactive ketones (excluding diaryl/α,β-unsaturated/α-hetero) is 1. The summed E-state index contributed by atoms with van der Waals surface area (Å²) in [4.78, 5) is 28.5. The largest absolute Gasteiger partial charge is 0.322 e. The first-order chi connectivity index (χ1) is 13.1. The van der Waals surface area contributed by atoms with Crippen LogP contribution in [0.15, 0.2) is 67.0 Å². The zero-order valence-corrected chi connectivity index (χ0v) is 15.3. The number of anilines is 1. The lowest BCUT2D eigenvalue weighted by Gasteiger charge is -2.08. The molecule has 4 rings (SSSR count). The first-order valence-corrected chi connectivity index (χ1v) is 9.11. The predicted octanol–water partition coefficient (Wildman–Crippen LogP) is 4.81. The first-order valence-electron chi connectivity index (χ1n) is 8.33. The van der Waals surface area contributed by atoms with E-state index in [1.54, 1.807) is 42.7 Å². The topological polar surface area (TPSA) is 72.0 Å². The van der Waals surface area contributed by atoms with E-state index in [0.717, 1.165) is 21.3 Å². The summed E-state index contributed by atoms with van der Waals surface area (Å²) in [6, 6.07) is 16.3. The fourth-order valence-electron chi connectivity index (χ4n) is 2.78. The third-order valence-electron chi connectivity index (χ3n) is 4.20. The second-order valence-corrected chi connectivity index (χ2v) is 6.93. The van der Waals surface area contributed by atoms with Crippen molar-refractivity contribution in [3.05, 3.63) is 78.1 Å². The molecule has 0 saturated carbocycles. The summed E-state index contributed by atoms with van der Waals surface area (Å²) in [6.07, 6.45) is 3.38. The van der Waals surface area contributed by atoms with Crippen molar-refractivity contribution in [1.82, 2.24) is 9.36 Å². The van der Waals surface area contributed by atoms with E-state index in [2.05, 4.69) is 14.7 Å². The van der Waals surface area contributed by atoms with Gasteiger partial charge in [-0.3, -0.25) is 14.6 Å². The fraction of sp³-hybridized carbons (Fsp3) is 0.0476. The van der Waals surface area contributed by atoms with E-state index in [1.807, 2.05) is 24.3 Å². The number of carbonyl (C=O) groups is 2. The van der Waals surface area contributed by atoms with Crippen LogP contribution in [-0.2, 0) is 0 Å². The predicted molar refractivity (Wildman–Crippen MR) is 107 cm³/mol. The normalized spacial score (nSPS) is 10.7. The van der Waals surface area contributed by atoms with Crippen LogP contribution in [0.1, 0.15) is 27.6 Å². The van der Waals surface area contributed by atoms with Crippen molar-refractivity contribution in [1.29, 1.82) is 0 Å². The van der Waals surface area contributed by atoms with Gasteiger partial charge in [-0.15, -0.1) is 0 Å². The van der Waals surface area contributed by atoms with E-state index in [1.165, 1.54) is 18.5 Å². The zero-order chi connectivity index (χ0) is 18.8. The maximum Gasteiger partial charge on any atom is 0.255 e. The molecule has 132 valence electrons. The number of hydrogen-bond donors (Lipinski definition) is 1. The van der Waals surface area contributed by atoms with E-state index < -0.39 is 0 Å². The van der Waals surface area contributed by atoms with Crippen molar-refractivity contribution in [2.24, 2.45) is 0 Å². The molecular formula is C21H15N3O2S. The van der Waals surface area contributed by atoms with Crippen LogP contribution in [0, 0.1) is 0 Å². The van der Waals surface area contributed by atoms with Gasteiger partial charge in [-0.1, -0.05) is 12.1 Å². The summed E-state index contributed by atoms with van der Waals surface area (Å²) < 4.78 is 5.22. The molecule has 0 saturated heterocycles. The Hall–Kier alpha value is -3.38. The zero-order valence-electron chi connectivity index (χ0n) is 14.5. The molecule has 2 heterocycles. The molecule has 5 nitrogen and oxygen atoms in total. The van der Waals surface area contributed by atoms with Gasteiger partial charge in [0.15, 0.2) is 5.78 Å². The maximum atomic E-state index is 12.6. The minimum Gasteiger partial charge on any atom is -0.322 e. The number of rotatable bonds is 4. The summed E-state index contributed by atoms with van der Waals surface area (Å²) in [5.41, 5.74) is 3.26.